The third kappa shape index (κ3) is 4.61. The fourth-order valence-electron chi connectivity index (χ4n) is 3.56. The van der Waals surface area contributed by atoms with E-state index in [4.69, 9.17) is 15.2 Å². The van der Waals surface area contributed by atoms with Crippen LogP contribution in [0.15, 0.2) is 48.2 Å². The van der Waals surface area contributed by atoms with Crippen molar-refractivity contribution in [1.29, 1.82) is 0 Å². The highest BCUT2D eigenvalue weighted by molar-refractivity contribution is 5.86. The molecule has 9 heteroatoms. The summed E-state index contributed by atoms with van der Waals surface area (Å²) in [6.45, 7) is 5.85. The van der Waals surface area contributed by atoms with Crippen molar-refractivity contribution in [2.75, 3.05) is 25.0 Å². The number of piperidine rings is 1. The number of primary amides is 1. The molecule has 1 aliphatic rings. The summed E-state index contributed by atoms with van der Waals surface area (Å²) < 4.78 is 13.5. The molecule has 1 saturated heterocycles. The summed E-state index contributed by atoms with van der Waals surface area (Å²) in [6.07, 6.45) is 3.52. The number of anilines is 2. The van der Waals surface area contributed by atoms with Crippen molar-refractivity contribution >= 4 is 23.1 Å². The molecule has 2 aromatic heterocycles. The molecular weight excluding hydrogens is 396 g/mol. The molecule has 0 spiro atoms. The first-order valence-electron chi connectivity index (χ1n) is 10.3. The molecule has 4 rings (SSSR count). The zero-order valence-electron chi connectivity index (χ0n) is 17.6. The van der Waals surface area contributed by atoms with Gasteiger partial charge in [0.25, 0.3) is 0 Å². The summed E-state index contributed by atoms with van der Waals surface area (Å²) in [5.74, 6) is 1.56. The Hall–Kier alpha value is -3.59. The van der Waals surface area contributed by atoms with Crippen molar-refractivity contribution < 1.29 is 14.3 Å². The molecular formula is C22H26N6O3. The van der Waals surface area contributed by atoms with E-state index < -0.39 is 5.91 Å². The Morgan fingerprint density at radius 2 is 2.16 bits per heavy atom. The van der Waals surface area contributed by atoms with E-state index in [0.717, 1.165) is 34.9 Å². The highest BCUT2D eigenvalue weighted by Gasteiger charge is 2.24. The van der Waals surface area contributed by atoms with Gasteiger partial charge in [-0.25, -0.2) is 0 Å². The number of aromatic nitrogens is 3. The number of carbonyl (C=O) groups excluding carboxylic acids is 1. The van der Waals surface area contributed by atoms with Gasteiger partial charge in [0.05, 0.1) is 18.4 Å². The number of nitrogens with one attached hydrogen (secondary N) is 2. The summed E-state index contributed by atoms with van der Waals surface area (Å²) in [5.41, 5.74) is 8.57. The molecule has 1 aliphatic heterocycles. The topological polar surface area (TPSA) is 116 Å². The Morgan fingerprint density at radius 1 is 1.35 bits per heavy atom. The Kier molecular flexibility index (Phi) is 6.03. The maximum atomic E-state index is 11.4. The quantitative estimate of drug-likeness (QED) is 0.501. The lowest BCUT2D eigenvalue weighted by Crippen LogP contribution is -2.40. The van der Waals surface area contributed by atoms with E-state index in [-0.39, 0.29) is 6.10 Å². The van der Waals surface area contributed by atoms with Crippen LogP contribution >= 0.6 is 0 Å². The van der Waals surface area contributed by atoms with Crippen molar-refractivity contribution in [3.8, 4) is 11.6 Å². The van der Waals surface area contributed by atoms with Crippen molar-refractivity contribution in [3.05, 3.63) is 53.7 Å². The lowest BCUT2D eigenvalue weighted by molar-refractivity contribution is -0.113. The Morgan fingerprint density at radius 3 is 2.90 bits per heavy atom. The van der Waals surface area contributed by atoms with Crippen LogP contribution in [0.4, 0.5) is 11.5 Å². The van der Waals surface area contributed by atoms with Crippen LogP contribution in [-0.4, -0.2) is 46.3 Å². The van der Waals surface area contributed by atoms with Crippen LogP contribution in [0, 0.1) is 6.92 Å². The van der Waals surface area contributed by atoms with Crippen LogP contribution in [0.3, 0.4) is 0 Å². The van der Waals surface area contributed by atoms with E-state index in [1.807, 2.05) is 44.2 Å². The Balaban J connectivity index is 1.66. The minimum absolute atomic E-state index is 0.323. The fourth-order valence-corrected chi connectivity index (χ4v) is 3.56. The molecule has 1 aromatic carbocycles. The summed E-state index contributed by atoms with van der Waals surface area (Å²) in [7, 11) is 0. The van der Waals surface area contributed by atoms with Gasteiger partial charge in [0, 0.05) is 24.4 Å². The molecule has 4 N–H and O–H groups in total. The third-order valence-corrected chi connectivity index (χ3v) is 5.07. The van der Waals surface area contributed by atoms with Gasteiger partial charge in [0.1, 0.15) is 17.7 Å². The molecule has 0 radical (unpaired) electrons. The molecule has 1 amide bonds. The molecule has 3 heterocycles. The minimum atomic E-state index is -0.473. The Bertz CT molecular complexity index is 1110. The first-order valence-corrected chi connectivity index (χ1v) is 10.3. The number of nitrogens with zero attached hydrogens (tertiary/aromatic N) is 3. The molecule has 162 valence electrons. The lowest BCUT2D eigenvalue weighted by atomic mass is 10.0. The van der Waals surface area contributed by atoms with Crippen LogP contribution in [0.5, 0.6) is 11.6 Å². The maximum absolute atomic E-state index is 11.4. The van der Waals surface area contributed by atoms with Gasteiger partial charge in [0.2, 0.25) is 11.8 Å². The smallest absolute Gasteiger partial charge is 0.241 e. The number of fused-ring (bicyclic) bond motifs is 1. The monoisotopic (exact) mass is 422 g/mol. The standard InChI is InChI=1S/C22H26N6O3/c1-3-30-17-6-4-16(5-7-17)26-21-14(2)22(27-20-9-11-25-28(20)21)31-18-13-24-10-8-15(18)12-19(23)29/h4-7,9,11-12,18,24,26H,3,8,10,13H2,1-2H3,(H2,23,29). The number of benzene rings is 1. The van der Waals surface area contributed by atoms with E-state index in [2.05, 4.69) is 20.7 Å². The number of ether oxygens (including phenoxy) is 2. The molecule has 1 unspecified atom stereocenters. The summed E-state index contributed by atoms with van der Waals surface area (Å²) in [4.78, 5) is 16.0. The second kappa shape index (κ2) is 9.05. The summed E-state index contributed by atoms with van der Waals surface area (Å²) >= 11 is 0. The zero-order valence-corrected chi connectivity index (χ0v) is 17.6. The summed E-state index contributed by atoms with van der Waals surface area (Å²) in [5, 5.41) is 11.1. The molecule has 0 saturated carbocycles. The number of hydrogen-bond acceptors (Lipinski definition) is 7. The molecule has 3 aromatic rings. The van der Waals surface area contributed by atoms with Crippen LogP contribution in [0.25, 0.3) is 5.65 Å². The molecule has 0 aliphatic carbocycles. The largest absolute Gasteiger partial charge is 0.494 e. The van der Waals surface area contributed by atoms with Gasteiger partial charge in [0.15, 0.2) is 5.65 Å². The Labute approximate surface area is 180 Å². The molecule has 1 fully saturated rings. The molecule has 31 heavy (non-hydrogen) atoms. The molecule has 9 nitrogen and oxygen atoms in total. The number of rotatable bonds is 7. The van der Waals surface area contributed by atoms with Gasteiger partial charge in [-0.3, -0.25) is 4.79 Å². The van der Waals surface area contributed by atoms with E-state index in [0.29, 0.717) is 31.1 Å². The van der Waals surface area contributed by atoms with Gasteiger partial charge < -0.3 is 25.8 Å². The van der Waals surface area contributed by atoms with Crippen molar-refractivity contribution in [1.82, 2.24) is 19.9 Å². The maximum Gasteiger partial charge on any atom is 0.241 e. The molecule has 1 atom stereocenters. The van der Waals surface area contributed by atoms with Crippen LogP contribution in [-0.2, 0) is 4.79 Å². The third-order valence-electron chi connectivity index (χ3n) is 5.07. The van der Waals surface area contributed by atoms with Gasteiger partial charge in [-0.05, 0) is 56.7 Å². The summed E-state index contributed by atoms with van der Waals surface area (Å²) in [6, 6.07) is 9.53. The number of nitrogens with two attached hydrogens (primary N) is 1. The lowest BCUT2D eigenvalue weighted by Gasteiger charge is -2.27. The van der Waals surface area contributed by atoms with Crippen molar-refractivity contribution in [2.45, 2.75) is 26.4 Å². The first-order chi connectivity index (χ1) is 15.0. The second-order valence-electron chi connectivity index (χ2n) is 7.26. The van der Waals surface area contributed by atoms with Crippen LogP contribution in [0.1, 0.15) is 18.9 Å². The average molecular weight is 422 g/mol. The predicted octanol–water partition coefficient (Wildman–Crippen LogP) is 2.33. The normalized spacial score (nSPS) is 17.6. The van der Waals surface area contributed by atoms with E-state index >= 15 is 0 Å². The first kappa shape index (κ1) is 20.7. The number of hydrogen-bond donors (Lipinski definition) is 3. The van der Waals surface area contributed by atoms with Crippen LogP contribution < -0.4 is 25.8 Å². The minimum Gasteiger partial charge on any atom is -0.494 e. The van der Waals surface area contributed by atoms with Gasteiger partial charge in [-0.2, -0.15) is 14.6 Å². The fraction of sp³-hybridized carbons (Fsp3) is 0.318. The number of amides is 1. The van der Waals surface area contributed by atoms with Crippen LogP contribution in [0.2, 0.25) is 0 Å². The van der Waals surface area contributed by atoms with Crippen molar-refractivity contribution in [3.63, 3.8) is 0 Å². The zero-order chi connectivity index (χ0) is 21.8. The van der Waals surface area contributed by atoms with Crippen molar-refractivity contribution in [2.24, 2.45) is 5.73 Å². The highest BCUT2D eigenvalue weighted by Crippen LogP contribution is 2.30. The predicted molar refractivity (Wildman–Crippen MR) is 118 cm³/mol. The van der Waals surface area contributed by atoms with Gasteiger partial charge >= 0.3 is 0 Å². The van der Waals surface area contributed by atoms with E-state index in [1.165, 1.54) is 6.08 Å². The van der Waals surface area contributed by atoms with E-state index in [1.54, 1.807) is 10.7 Å². The van der Waals surface area contributed by atoms with E-state index in [9.17, 15) is 4.79 Å². The highest BCUT2D eigenvalue weighted by atomic mass is 16.5. The number of carbonyl (C=O) groups is 1. The molecule has 0 bridgehead atoms. The second-order valence-corrected chi connectivity index (χ2v) is 7.26. The average Bonchev–Trinajstić information content (AvgIpc) is 3.22. The van der Waals surface area contributed by atoms with Gasteiger partial charge in [-0.15, -0.1) is 0 Å². The SMILES string of the molecule is CCOc1ccc(Nc2c(C)c(OC3CNCCC3=CC(N)=O)nc3ccnn23)cc1. The van der Waals surface area contributed by atoms with Gasteiger partial charge in [-0.1, -0.05) is 0 Å².